The second kappa shape index (κ2) is 13.0. The number of hydrogen-bond acceptors (Lipinski definition) is 5. The van der Waals surface area contributed by atoms with Crippen molar-refractivity contribution in [3.8, 4) is 16.8 Å². The van der Waals surface area contributed by atoms with E-state index in [2.05, 4.69) is 186 Å². The summed E-state index contributed by atoms with van der Waals surface area (Å²) in [5, 5.41) is 10.1. The van der Waals surface area contributed by atoms with Gasteiger partial charge in [0.2, 0.25) is 0 Å². The molecule has 0 amide bonds. The van der Waals surface area contributed by atoms with Gasteiger partial charge in [0.15, 0.2) is 0 Å². The molecule has 270 valence electrons. The molecule has 1 aliphatic heterocycles. The van der Waals surface area contributed by atoms with Crippen LogP contribution < -0.4 is 5.32 Å². The average Bonchev–Trinajstić information content (AvgIpc) is 3.96. The number of thiophene rings is 2. The summed E-state index contributed by atoms with van der Waals surface area (Å²) in [4.78, 5) is 12.0. The monoisotopic (exact) mass is 766 g/mol. The van der Waals surface area contributed by atoms with Crippen LogP contribution in [0.3, 0.4) is 0 Å². The zero-order chi connectivity index (χ0) is 37.5. The van der Waals surface area contributed by atoms with Crippen molar-refractivity contribution in [1.29, 1.82) is 0 Å². The number of aliphatic imine (C=N–C) groups is 2. The summed E-state index contributed by atoms with van der Waals surface area (Å²) in [7, 11) is 0. The lowest BCUT2D eigenvalue weighted by molar-refractivity contribution is 0.662. The number of benzene rings is 7. The van der Waals surface area contributed by atoms with E-state index < -0.39 is 0 Å². The highest BCUT2D eigenvalue weighted by atomic mass is 32.1. The minimum Gasteiger partial charge on any atom is -0.344 e. The van der Waals surface area contributed by atoms with E-state index in [4.69, 9.17) is 9.98 Å². The van der Waals surface area contributed by atoms with Gasteiger partial charge in [0.25, 0.3) is 0 Å². The number of nitrogens with zero attached hydrogens (tertiary/aromatic N) is 3. The molecule has 0 spiro atoms. The minimum absolute atomic E-state index is 0.0831. The fourth-order valence-corrected chi connectivity index (χ4v) is 11.3. The van der Waals surface area contributed by atoms with E-state index in [0.717, 1.165) is 29.2 Å². The quantitative estimate of drug-likeness (QED) is 0.186. The van der Waals surface area contributed by atoms with E-state index in [1.54, 1.807) is 0 Å². The highest BCUT2D eigenvalue weighted by Crippen LogP contribution is 2.44. The Labute approximate surface area is 337 Å². The molecule has 4 heterocycles. The van der Waals surface area contributed by atoms with Crippen molar-refractivity contribution in [3.63, 3.8) is 0 Å². The van der Waals surface area contributed by atoms with Crippen LogP contribution in [-0.4, -0.2) is 16.2 Å². The fraction of sp³-hybridized carbons (Fsp3) is 0.0588. The molecule has 2 atom stereocenters. The van der Waals surface area contributed by atoms with Crippen LogP contribution in [0.15, 0.2) is 180 Å². The van der Waals surface area contributed by atoms with Crippen LogP contribution in [0.5, 0.6) is 0 Å². The number of amidine groups is 2. The van der Waals surface area contributed by atoms with Crippen LogP contribution in [0.1, 0.15) is 40.1 Å². The number of allylic oxidation sites excluding steroid dienone is 1. The van der Waals surface area contributed by atoms with Gasteiger partial charge in [-0.1, -0.05) is 115 Å². The van der Waals surface area contributed by atoms with Gasteiger partial charge in [0.1, 0.15) is 17.8 Å². The molecule has 0 fully saturated rings. The predicted molar refractivity (Wildman–Crippen MR) is 244 cm³/mol. The first kappa shape index (κ1) is 32.6. The maximum Gasteiger partial charge on any atom is 0.147 e. The van der Waals surface area contributed by atoms with Crippen molar-refractivity contribution in [3.05, 3.63) is 191 Å². The van der Waals surface area contributed by atoms with Crippen molar-refractivity contribution < 1.29 is 0 Å². The molecule has 0 saturated carbocycles. The summed E-state index contributed by atoms with van der Waals surface area (Å²) in [6.07, 6.45) is 5.21. The highest BCUT2D eigenvalue weighted by molar-refractivity contribution is 7.25. The first-order valence-corrected chi connectivity index (χ1v) is 21.1. The normalized spacial score (nSPS) is 16.6. The van der Waals surface area contributed by atoms with Crippen molar-refractivity contribution in [2.24, 2.45) is 9.98 Å². The number of fused-ring (bicyclic) bond motifs is 9. The Kier molecular flexibility index (Phi) is 7.43. The first-order chi connectivity index (χ1) is 28.2. The molecule has 0 bridgehead atoms. The average molecular weight is 767 g/mol. The molecule has 4 nitrogen and oxygen atoms in total. The van der Waals surface area contributed by atoms with Gasteiger partial charge in [-0.3, -0.25) is 0 Å². The molecule has 1 aliphatic carbocycles. The number of aromatic nitrogens is 1. The van der Waals surface area contributed by atoms with Crippen LogP contribution in [0.4, 0.5) is 0 Å². The number of hydrogen-bond donors (Lipinski definition) is 1. The molecule has 6 heteroatoms. The molecule has 1 N–H and O–H groups in total. The SMILES string of the molecule is C1=Cc2sc3ccccc3c2C(C2=NC(c3ccccc3)NC(c3ccc4sc5cc(-c6cccc7c6c6ccccc6n7-c6ccccc6)ccc5c4c3)=N2)C1. The number of nitrogens with one attached hydrogen (secondary N) is 1. The second-order valence-electron chi connectivity index (χ2n) is 14.9. The lowest BCUT2D eigenvalue weighted by Gasteiger charge is -2.28. The molecule has 3 aromatic heterocycles. The Hall–Kier alpha value is -6.60. The van der Waals surface area contributed by atoms with E-state index >= 15 is 0 Å². The van der Waals surface area contributed by atoms with Crippen LogP contribution in [-0.2, 0) is 0 Å². The summed E-state index contributed by atoms with van der Waals surface area (Å²) < 4.78 is 6.24. The zero-order valence-electron chi connectivity index (χ0n) is 30.8. The smallest absolute Gasteiger partial charge is 0.147 e. The van der Waals surface area contributed by atoms with E-state index in [9.17, 15) is 0 Å². The minimum atomic E-state index is -0.235. The molecule has 10 aromatic rings. The Morgan fingerprint density at radius 1 is 0.579 bits per heavy atom. The van der Waals surface area contributed by atoms with Gasteiger partial charge in [0, 0.05) is 57.7 Å². The van der Waals surface area contributed by atoms with E-state index in [0.29, 0.717) is 0 Å². The van der Waals surface area contributed by atoms with Gasteiger partial charge < -0.3 is 9.88 Å². The van der Waals surface area contributed by atoms with Crippen LogP contribution in [0.2, 0.25) is 0 Å². The van der Waals surface area contributed by atoms with Crippen molar-refractivity contribution in [1.82, 2.24) is 9.88 Å². The standard InChI is InChI=1S/C51H34N4S2/c1-3-13-31(14-4-1)49-52-50(54-51(53-49)39-20-12-24-45-48(39)38-18-8-10-23-43(38)56-45)33-26-28-44-40(29-33)36-27-25-32(30-46(36)57-44)35-19-11-22-42-47(35)37-17-7-9-21-41(37)55(42)34-15-5-2-6-16-34/h1-19,21-30,39,49H,20H2,(H,52,53,54). The van der Waals surface area contributed by atoms with E-state index in [-0.39, 0.29) is 12.1 Å². The van der Waals surface area contributed by atoms with Crippen molar-refractivity contribution in [2.45, 2.75) is 18.5 Å². The lowest BCUT2D eigenvalue weighted by atomic mass is 9.88. The molecule has 0 radical (unpaired) electrons. The molecule has 2 aliphatic rings. The molecular formula is C51H34N4S2. The molecule has 57 heavy (non-hydrogen) atoms. The van der Waals surface area contributed by atoms with Gasteiger partial charge in [0.05, 0.1) is 11.0 Å². The van der Waals surface area contributed by atoms with Gasteiger partial charge in [-0.2, -0.15) is 0 Å². The highest BCUT2D eigenvalue weighted by Gasteiger charge is 2.30. The molecule has 0 saturated heterocycles. The van der Waals surface area contributed by atoms with Crippen LogP contribution in [0, 0.1) is 0 Å². The van der Waals surface area contributed by atoms with Crippen LogP contribution >= 0.6 is 22.7 Å². The second-order valence-corrected chi connectivity index (χ2v) is 17.1. The Balaban J connectivity index is 0.969. The van der Waals surface area contributed by atoms with E-state index in [1.807, 2.05) is 22.7 Å². The topological polar surface area (TPSA) is 41.7 Å². The first-order valence-electron chi connectivity index (χ1n) is 19.5. The fourth-order valence-electron chi connectivity index (χ4n) is 9.02. The predicted octanol–water partition coefficient (Wildman–Crippen LogP) is 13.7. The molecule has 7 aromatic carbocycles. The summed E-state index contributed by atoms with van der Waals surface area (Å²) in [5.41, 5.74) is 9.62. The molecular weight excluding hydrogens is 733 g/mol. The summed E-state index contributed by atoms with van der Waals surface area (Å²) in [5.74, 6) is 1.83. The van der Waals surface area contributed by atoms with Gasteiger partial charge in [-0.25, -0.2) is 9.98 Å². The summed E-state index contributed by atoms with van der Waals surface area (Å²) >= 11 is 3.72. The maximum absolute atomic E-state index is 5.37. The summed E-state index contributed by atoms with van der Waals surface area (Å²) in [6.45, 7) is 0. The van der Waals surface area contributed by atoms with Crippen molar-refractivity contribution >= 4 is 92.5 Å². The third-order valence-electron chi connectivity index (χ3n) is 11.6. The Morgan fingerprint density at radius 3 is 2.23 bits per heavy atom. The number of para-hydroxylation sites is 2. The molecule has 12 rings (SSSR count). The Bertz CT molecular complexity index is 3310. The third-order valence-corrected chi connectivity index (χ3v) is 13.9. The lowest BCUT2D eigenvalue weighted by Crippen LogP contribution is -2.35. The van der Waals surface area contributed by atoms with Gasteiger partial charge in [-0.05, 0) is 94.7 Å². The van der Waals surface area contributed by atoms with Crippen molar-refractivity contribution in [2.75, 3.05) is 0 Å². The Morgan fingerprint density at radius 2 is 1.33 bits per heavy atom. The van der Waals surface area contributed by atoms with Gasteiger partial charge >= 0.3 is 0 Å². The molecule has 2 unspecified atom stereocenters. The van der Waals surface area contributed by atoms with Crippen LogP contribution in [0.25, 0.3) is 75.0 Å². The zero-order valence-corrected chi connectivity index (χ0v) is 32.4. The third kappa shape index (κ3) is 5.25. The van der Waals surface area contributed by atoms with Gasteiger partial charge in [-0.15, -0.1) is 22.7 Å². The maximum atomic E-state index is 5.37. The largest absolute Gasteiger partial charge is 0.344 e. The number of rotatable bonds is 5. The summed E-state index contributed by atoms with van der Waals surface area (Å²) in [6, 6.07) is 59.3. The van der Waals surface area contributed by atoms with E-state index in [1.165, 1.54) is 79.3 Å².